The highest BCUT2D eigenvalue weighted by molar-refractivity contribution is 6.33. The maximum atomic E-state index is 12.8. The van der Waals surface area contributed by atoms with Crippen LogP contribution in [-0.4, -0.2) is 54.5 Å². The molecule has 184 valence electrons. The first-order valence-electron chi connectivity index (χ1n) is 11.1. The van der Waals surface area contributed by atoms with Crippen LogP contribution in [0.5, 0.6) is 0 Å². The Labute approximate surface area is 201 Å². The number of alkyl halides is 3. The molecule has 0 spiro atoms. The number of nitrogens with zero attached hydrogens (tertiary/aromatic N) is 3. The van der Waals surface area contributed by atoms with Crippen LogP contribution in [0.4, 0.5) is 19.0 Å². The van der Waals surface area contributed by atoms with E-state index in [1.807, 2.05) is 44.2 Å². The van der Waals surface area contributed by atoms with E-state index < -0.39 is 23.6 Å². The first-order valence-corrected chi connectivity index (χ1v) is 11.5. The number of pyridine rings is 1. The van der Waals surface area contributed by atoms with Crippen molar-refractivity contribution in [2.24, 2.45) is 5.92 Å². The summed E-state index contributed by atoms with van der Waals surface area (Å²) in [6.45, 7) is 4.91. The van der Waals surface area contributed by atoms with Gasteiger partial charge in [-0.3, -0.25) is 9.59 Å². The van der Waals surface area contributed by atoms with E-state index in [-0.39, 0.29) is 29.3 Å². The van der Waals surface area contributed by atoms with Crippen LogP contribution in [0.25, 0.3) is 0 Å². The van der Waals surface area contributed by atoms with Gasteiger partial charge in [-0.25, -0.2) is 4.98 Å². The summed E-state index contributed by atoms with van der Waals surface area (Å²) < 4.78 is 43.9. The van der Waals surface area contributed by atoms with Crippen molar-refractivity contribution >= 4 is 29.3 Å². The van der Waals surface area contributed by atoms with Gasteiger partial charge in [0, 0.05) is 32.4 Å². The molecule has 1 aromatic carbocycles. The van der Waals surface area contributed by atoms with Gasteiger partial charge < -0.3 is 14.5 Å². The Morgan fingerprint density at radius 3 is 2.35 bits per heavy atom. The molecule has 1 saturated heterocycles. The zero-order chi connectivity index (χ0) is 24.9. The van der Waals surface area contributed by atoms with E-state index >= 15 is 0 Å². The number of carbonyl (C=O) groups excluding carboxylic acids is 2. The molecule has 1 amide bonds. The number of benzene rings is 1. The molecule has 34 heavy (non-hydrogen) atoms. The molecular formula is C24H27ClF3N3O3. The molecule has 0 bridgehead atoms. The van der Waals surface area contributed by atoms with Gasteiger partial charge in [0.1, 0.15) is 5.82 Å². The molecule has 0 radical (unpaired) electrons. The standard InChI is InChI=1S/C24H27ClF3N3O3/c1-3-16(2)21(17-7-5-4-6-8-17)23(33)34-15-20(32)30-9-11-31(12-10-30)22-19(25)13-18(14-29-22)24(26,27)28/h4-8,13-14,16,21H,3,9-12,15H2,1-2H3. The van der Waals surface area contributed by atoms with E-state index in [4.69, 9.17) is 16.3 Å². The lowest BCUT2D eigenvalue weighted by Gasteiger charge is -2.35. The molecule has 6 nitrogen and oxygen atoms in total. The second kappa shape index (κ2) is 11.1. The van der Waals surface area contributed by atoms with E-state index in [1.54, 1.807) is 9.80 Å². The zero-order valence-electron chi connectivity index (χ0n) is 19.0. The van der Waals surface area contributed by atoms with Crippen LogP contribution < -0.4 is 4.90 Å². The fourth-order valence-electron chi connectivity index (χ4n) is 3.89. The predicted molar refractivity (Wildman–Crippen MR) is 123 cm³/mol. The van der Waals surface area contributed by atoms with Gasteiger partial charge in [0.15, 0.2) is 6.61 Å². The van der Waals surface area contributed by atoms with E-state index in [0.717, 1.165) is 24.2 Å². The van der Waals surface area contributed by atoms with Gasteiger partial charge in [0.2, 0.25) is 0 Å². The third kappa shape index (κ3) is 6.20. The lowest BCUT2D eigenvalue weighted by molar-refractivity contribution is -0.154. The summed E-state index contributed by atoms with van der Waals surface area (Å²) in [7, 11) is 0. The van der Waals surface area contributed by atoms with Crippen molar-refractivity contribution in [1.29, 1.82) is 0 Å². The molecule has 1 aliphatic heterocycles. The molecule has 2 unspecified atom stereocenters. The molecule has 2 heterocycles. The minimum Gasteiger partial charge on any atom is -0.455 e. The average molecular weight is 498 g/mol. The predicted octanol–water partition coefficient (Wildman–Crippen LogP) is 4.78. The maximum absolute atomic E-state index is 12.8. The minimum atomic E-state index is -4.52. The van der Waals surface area contributed by atoms with Crippen LogP contribution in [0.15, 0.2) is 42.6 Å². The number of ether oxygens (including phenoxy) is 1. The SMILES string of the molecule is CCC(C)C(C(=O)OCC(=O)N1CCN(c2ncc(C(F)(F)F)cc2Cl)CC1)c1ccccc1. The Morgan fingerprint density at radius 1 is 1.15 bits per heavy atom. The summed E-state index contributed by atoms with van der Waals surface area (Å²) in [5.74, 6) is -0.922. The number of rotatable bonds is 7. The van der Waals surface area contributed by atoms with Gasteiger partial charge in [0.05, 0.1) is 16.5 Å². The summed E-state index contributed by atoms with van der Waals surface area (Å²) in [5, 5.41) is -0.0967. The normalized spacial score (nSPS) is 16.2. The third-order valence-electron chi connectivity index (χ3n) is 6.04. The summed E-state index contributed by atoms with van der Waals surface area (Å²) in [6, 6.07) is 10.2. The van der Waals surface area contributed by atoms with Crippen LogP contribution in [0.3, 0.4) is 0 Å². The summed E-state index contributed by atoms with van der Waals surface area (Å²) >= 11 is 6.03. The number of amides is 1. The first kappa shape index (κ1) is 25.8. The number of aromatic nitrogens is 1. The van der Waals surface area contributed by atoms with Crippen molar-refractivity contribution in [2.75, 3.05) is 37.7 Å². The number of halogens is 4. The van der Waals surface area contributed by atoms with Crippen LogP contribution in [0, 0.1) is 5.92 Å². The fourth-order valence-corrected chi connectivity index (χ4v) is 4.18. The minimum absolute atomic E-state index is 0.0505. The lowest BCUT2D eigenvalue weighted by Crippen LogP contribution is -2.50. The second-order valence-electron chi connectivity index (χ2n) is 8.28. The highest BCUT2D eigenvalue weighted by Crippen LogP contribution is 2.34. The van der Waals surface area contributed by atoms with Gasteiger partial charge in [-0.15, -0.1) is 0 Å². The molecule has 0 N–H and O–H groups in total. The third-order valence-corrected chi connectivity index (χ3v) is 6.32. The molecule has 1 fully saturated rings. The molecular weight excluding hydrogens is 471 g/mol. The molecule has 1 aliphatic rings. The Hall–Kier alpha value is -2.81. The number of esters is 1. The molecule has 2 atom stereocenters. The van der Waals surface area contributed by atoms with Crippen molar-refractivity contribution in [2.45, 2.75) is 32.4 Å². The van der Waals surface area contributed by atoms with E-state index in [2.05, 4.69) is 4.98 Å². The Balaban J connectivity index is 1.55. The van der Waals surface area contributed by atoms with Crippen LogP contribution in [0.2, 0.25) is 5.02 Å². The number of hydrogen-bond acceptors (Lipinski definition) is 5. The number of carbonyl (C=O) groups is 2. The van der Waals surface area contributed by atoms with E-state index in [9.17, 15) is 22.8 Å². The molecule has 2 aromatic rings. The fraction of sp³-hybridized carbons (Fsp3) is 0.458. The highest BCUT2D eigenvalue weighted by atomic mass is 35.5. The van der Waals surface area contributed by atoms with Gasteiger partial charge in [-0.05, 0) is 17.5 Å². The summed E-state index contributed by atoms with van der Waals surface area (Å²) in [6.07, 6.45) is -2.99. The summed E-state index contributed by atoms with van der Waals surface area (Å²) in [5.41, 5.74) is -0.0630. The number of hydrogen-bond donors (Lipinski definition) is 0. The zero-order valence-corrected chi connectivity index (χ0v) is 19.8. The quantitative estimate of drug-likeness (QED) is 0.515. The van der Waals surface area contributed by atoms with Gasteiger partial charge in [-0.2, -0.15) is 13.2 Å². The number of piperazine rings is 1. The van der Waals surface area contributed by atoms with Gasteiger partial charge in [-0.1, -0.05) is 62.2 Å². The van der Waals surface area contributed by atoms with Crippen molar-refractivity contribution < 1.29 is 27.5 Å². The van der Waals surface area contributed by atoms with Crippen molar-refractivity contribution in [1.82, 2.24) is 9.88 Å². The van der Waals surface area contributed by atoms with Gasteiger partial charge in [0.25, 0.3) is 5.91 Å². The van der Waals surface area contributed by atoms with Crippen LogP contribution in [0.1, 0.15) is 37.3 Å². The van der Waals surface area contributed by atoms with Crippen molar-refractivity contribution in [3.05, 3.63) is 58.7 Å². The monoisotopic (exact) mass is 497 g/mol. The molecule has 10 heteroatoms. The van der Waals surface area contributed by atoms with Crippen molar-refractivity contribution in [3.63, 3.8) is 0 Å². The summed E-state index contributed by atoms with van der Waals surface area (Å²) in [4.78, 5) is 32.6. The second-order valence-corrected chi connectivity index (χ2v) is 8.68. The average Bonchev–Trinajstić information content (AvgIpc) is 2.82. The van der Waals surface area contributed by atoms with Crippen molar-refractivity contribution in [3.8, 4) is 0 Å². The van der Waals surface area contributed by atoms with E-state index in [0.29, 0.717) is 26.2 Å². The van der Waals surface area contributed by atoms with Crippen LogP contribution >= 0.6 is 11.6 Å². The Kier molecular flexibility index (Phi) is 8.41. The van der Waals surface area contributed by atoms with Gasteiger partial charge >= 0.3 is 12.1 Å². The molecule has 0 aliphatic carbocycles. The highest BCUT2D eigenvalue weighted by Gasteiger charge is 2.33. The topological polar surface area (TPSA) is 62.7 Å². The maximum Gasteiger partial charge on any atom is 0.417 e. The Morgan fingerprint density at radius 2 is 1.79 bits per heavy atom. The Bertz CT molecular complexity index is 996. The molecule has 0 saturated carbocycles. The molecule has 3 rings (SSSR count). The lowest BCUT2D eigenvalue weighted by atomic mass is 9.86. The number of anilines is 1. The smallest absolute Gasteiger partial charge is 0.417 e. The molecule has 1 aromatic heterocycles. The van der Waals surface area contributed by atoms with E-state index in [1.165, 1.54) is 0 Å². The van der Waals surface area contributed by atoms with Crippen LogP contribution in [-0.2, 0) is 20.5 Å². The first-order chi connectivity index (χ1) is 16.1. The largest absolute Gasteiger partial charge is 0.455 e.